The Morgan fingerprint density at radius 2 is 0.962 bits per heavy atom. The van der Waals surface area contributed by atoms with Gasteiger partial charge in [0, 0.05) is 0 Å². The van der Waals surface area contributed by atoms with Gasteiger partial charge >= 0.3 is 0 Å². The summed E-state index contributed by atoms with van der Waals surface area (Å²) in [5.41, 5.74) is 2.88. The molecular formula is C25H28O. The molecule has 1 heteroatoms. The van der Waals surface area contributed by atoms with E-state index in [-0.39, 0.29) is 0 Å². The molecular weight excluding hydrogens is 316 g/mol. The van der Waals surface area contributed by atoms with Crippen LogP contribution in [-0.4, -0.2) is 6.61 Å². The van der Waals surface area contributed by atoms with Gasteiger partial charge in [0.15, 0.2) is 0 Å². The minimum Gasteiger partial charge on any atom is -0.361 e. The van der Waals surface area contributed by atoms with Crippen LogP contribution in [0.4, 0.5) is 0 Å². The molecule has 0 aliphatic carbocycles. The van der Waals surface area contributed by atoms with Crippen LogP contribution in [0.3, 0.4) is 0 Å². The van der Waals surface area contributed by atoms with E-state index in [4.69, 9.17) is 4.74 Å². The molecule has 0 bridgehead atoms. The second-order valence-corrected chi connectivity index (χ2v) is 7.31. The highest BCUT2D eigenvalue weighted by Gasteiger charge is 2.37. The summed E-state index contributed by atoms with van der Waals surface area (Å²) < 4.78 is 6.81. The van der Waals surface area contributed by atoms with Crippen molar-refractivity contribution in [3.63, 3.8) is 0 Å². The molecule has 0 aliphatic heterocycles. The second-order valence-electron chi connectivity index (χ2n) is 7.31. The molecule has 0 aromatic heterocycles. The molecule has 0 amide bonds. The molecule has 1 unspecified atom stereocenters. The molecule has 0 saturated carbocycles. The third-order valence-electron chi connectivity index (χ3n) is 5.24. The zero-order valence-electron chi connectivity index (χ0n) is 15.9. The van der Waals surface area contributed by atoms with Crippen LogP contribution < -0.4 is 0 Å². The van der Waals surface area contributed by atoms with Crippen molar-refractivity contribution in [2.75, 3.05) is 6.61 Å². The maximum atomic E-state index is 6.81. The average molecular weight is 344 g/mol. The molecule has 1 atom stereocenters. The molecule has 0 radical (unpaired) electrons. The van der Waals surface area contributed by atoms with Crippen LogP contribution in [0.2, 0.25) is 0 Å². The standard InChI is InChI=1S/C25H28O/c1-20(2)21(3)19-26-25(22-13-7-4-8-14-22,23-15-9-5-10-16-23)24-17-11-6-12-18-24/h4-18,20-21H,19H2,1-3H3. The third-order valence-corrected chi connectivity index (χ3v) is 5.24. The van der Waals surface area contributed by atoms with Gasteiger partial charge in [-0.15, -0.1) is 0 Å². The van der Waals surface area contributed by atoms with Crippen LogP contribution >= 0.6 is 0 Å². The smallest absolute Gasteiger partial charge is 0.143 e. The summed E-state index contributed by atoms with van der Waals surface area (Å²) in [6.07, 6.45) is 0. The van der Waals surface area contributed by atoms with Crippen molar-refractivity contribution >= 4 is 0 Å². The van der Waals surface area contributed by atoms with Gasteiger partial charge in [0.1, 0.15) is 5.60 Å². The van der Waals surface area contributed by atoms with Crippen molar-refractivity contribution in [2.24, 2.45) is 11.8 Å². The lowest BCUT2D eigenvalue weighted by Gasteiger charge is -2.37. The van der Waals surface area contributed by atoms with E-state index in [9.17, 15) is 0 Å². The van der Waals surface area contributed by atoms with Crippen LogP contribution in [0.1, 0.15) is 37.5 Å². The van der Waals surface area contributed by atoms with E-state index < -0.39 is 5.60 Å². The first-order valence-electron chi connectivity index (χ1n) is 9.45. The average Bonchev–Trinajstić information content (AvgIpc) is 2.70. The van der Waals surface area contributed by atoms with Gasteiger partial charge in [-0.25, -0.2) is 0 Å². The van der Waals surface area contributed by atoms with Crippen LogP contribution in [-0.2, 0) is 10.3 Å². The summed E-state index contributed by atoms with van der Waals surface area (Å²) >= 11 is 0. The van der Waals surface area contributed by atoms with Gasteiger partial charge in [0.05, 0.1) is 6.61 Å². The Kier molecular flexibility index (Phi) is 5.90. The van der Waals surface area contributed by atoms with Crippen molar-refractivity contribution in [3.8, 4) is 0 Å². The number of ether oxygens (including phenoxy) is 1. The van der Waals surface area contributed by atoms with E-state index in [1.807, 2.05) is 0 Å². The Labute approximate surface area is 157 Å². The zero-order chi connectivity index (χ0) is 18.4. The van der Waals surface area contributed by atoms with Crippen molar-refractivity contribution in [3.05, 3.63) is 108 Å². The van der Waals surface area contributed by atoms with Crippen LogP contribution in [0.5, 0.6) is 0 Å². The normalized spacial score (nSPS) is 12.9. The third kappa shape index (κ3) is 3.73. The Balaban J connectivity index is 2.18. The first kappa shape index (κ1) is 18.4. The number of hydrogen-bond donors (Lipinski definition) is 0. The van der Waals surface area contributed by atoms with Crippen molar-refractivity contribution in [1.29, 1.82) is 0 Å². The topological polar surface area (TPSA) is 9.23 Å². The fourth-order valence-electron chi connectivity index (χ4n) is 3.22. The molecule has 0 aliphatic rings. The van der Waals surface area contributed by atoms with Crippen LogP contribution in [0.15, 0.2) is 91.0 Å². The number of hydrogen-bond acceptors (Lipinski definition) is 1. The lowest BCUT2D eigenvalue weighted by atomic mass is 9.80. The quantitative estimate of drug-likeness (QED) is 0.458. The lowest BCUT2D eigenvalue weighted by Crippen LogP contribution is -2.35. The largest absolute Gasteiger partial charge is 0.361 e. The van der Waals surface area contributed by atoms with Crippen molar-refractivity contribution < 1.29 is 4.74 Å². The Morgan fingerprint density at radius 3 is 1.27 bits per heavy atom. The van der Waals surface area contributed by atoms with Crippen molar-refractivity contribution in [2.45, 2.75) is 26.4 Å². The van der Waals surface area contributed by atoms with E-state index in [0.717, 1.165) is 16.7 Å². The lowest BCUT2D eigenvalue weighted by molar-refractivity contribution is -0.0128. The number of rotatable bonds is 7. The highest BCUT2D eigenvalue weighted by atomic mass is 16.5. The minimum absolute atomic E-state index is 0.477. The van der Waals surface area contributed by atoms with E-state index in [1.165, 1.54) is 0 Å². The molecule has 0 saturated heterocycles. The summed E-state index contributed by atoms with van der Waals surface area (Å²) in [4.78, 5) is 0. The van der Waals surface area contributed by atoms with E-state index in [0.29, 0.717) is 18.4 Å². The highest BCUT2D eigenvalue weighted by Crippen LogP contribution is 2.40. The maximum absolute atomic E-state index is 6.81. The molecule has 3 rings (SSSR count). The SMILES string of the molecule is CC(C)C(C)COC(c1ccccc1)(c1ccccc1)c1ccccc1. The van der Waals surface area contributed by atoms with E-state index >= 15 is 0 Å². The minimum atomic E-state index is -0.604. The molecule has 0 spiro atoms. The summed E-state index contributed by atoms with van der Waals surface area (Å²) in [7, 11) is 0. The van der Waals surface area contributed by atoms with Gasteiger partial charge in [-0.1, -0.05) is 112 Å². The van der Waals surface area contributed by atoms with Crippen molar-refractivity contribution in [1.82, 2.24) is 0 Å². The Bertz CT molecular complexity index is 681. The predicted octanol–water partition coefficient (Wildman–Crippen LogP) is 6.29. The Morgan fingerprint density at radius 1 is 0.615 bits per heavy atom. The van der Waals surface area contributed by atoms with Gasteiger partial charge in [0.2, 0.25) is 0 Å². The molecule has 26 heavy (non-hydrogen) atoms. The van der Waals surface area contributed by atoms with Gasteiger partial charge in [-0.3, -0.25) is 0 Å². The fraction of sp³-hybridized carbons (Fsp3) is 0.280. The first-order chi connectivity index (χ1) is 12.6. The van der Waals surface area contributed by atoms with Crippen LogP contribution in [0, 0.1) is 11.8 Å². The highest BCUT2D eigenvalue weighted by molar-refractivity contribution is 5.47. The summed E-state index contributed by atoms with van der Waals surface area (Å²) in [5.74, 6) is 1.06. The van der Waals surface area contributed by atoms with Crippen LogP contribution in [0.25, 0.3) is 0 Å². The molecule has 1 nitrogen and oxygen atoms in total. The first-order valence-corrected chi connectivity index (χ1v) is 9.45. The molecule has 3 aromatic rings. The fourth-order valence-corrected chi connectivity index (χ4v) is 3.22. The van der Waals surface area contributed by atoms with Gasteiger partial charge in [0.25, 0.3) is 0 Å². The second kappa shape index (κ2) is 8.33. The number of benzene rings is 3. The summed E-state index contributed by atoms with van der Waals surface area (Å²) in [5, 5.41) is 0. The van der Waals surface area contributed by atoms with Gasteiger partial charge < -0.3 is 4.74 Å². The summed E-state index contributed by atoms with van der Waals surface area (Å²) in [6.45, 7) is 7.47. The summed E-state index contributed by atoms with van der Waals surface area (Å²) in [6, 6.07) is 31.7. The molecule has 0 heterocycles. The van der Waals surface area contributed by atoms with Gasteiger partial charge in [-0.05, 0) is 28.5 Å². The van der Waals surface area contributed by atoms with E-state index in [1.54, 1.807) is 0 Å². The molecule has 134 valence electrons. The van der Waals surface area contributed by atoms with Gasteiger partial charge in [-0.2, -0.15) is 0 Å². The predicted molar refractivity (Wildman–Crippen MR) is 109 cm³/mol. The van der Waals surface area contributed by atoms with E-state index in [2.05, 4.69) is 112 Å². The zero-order valence-corrected chi connectivity index (χ0v) is 15.9. The molecule has 3 aromatic carbocycles. The maximum Gasteiger partial charge on any atom is 0.143 e. The molecule has 0 fully saturated rings. The monoisotopic (exact) mass is 344 g/mol. The molecule has 0 N–H and O–H groups in total. The Hall–Kier alpha value is -2.38.